The lowest BCUT2D eigenvalue weighted by Gasteiger charge is -2.10. The minimum absolute atomic E-state index is 0.231. The molecule has 0 aliphatic heterocycles. The number of nitrogens with two attached hydrogens (primary N) is 1. The second kappa shape index (κ2) is 5.80. The van der Waals surface area contributed by atoms with E-state index >= 15 is 0 Å². The molecule has 0 aliphatic carbocycles. The van der Waals surface area contributed by atoms with Gasteiger partial charge in [-0.2, -0.15) is 15.0 Å². The highest BCUT2D eigenvalue weighted by atomic mass is 32.2. The highest BCUT2D eigenvalue weighted by Gasteiger charge is 2.09. The summed E-state index contributed by atoms with van der Waals surface area (Å²) < 4.78 is 0. The van der Waals surface area contributed by atoms with E-state index in [-0.39, 0.29) is 5.95 Å². The Morgan fingerprint density at radius 3 is 2.77 bits per heavy atom. The first-order valence-corrected chi connectivity index (χ1v) is 7.77. The van der Waals surface area contributed by atoms with E-state index in [1.807, 2.05) is 26.2 Å². The number of nitrogens with zero attached hydrogens (tertiary/aromatic N) is 5. The number of nitrogen functional groups attached to an aromatic ring is 1. The lowest BCUT2D eigenvalue weighted by molar-refractivity contribution is 0.917. The molecule has 2 aromatic heterocycles. The van der Waals surface area contributed by atoms with Gasteiger partial charge in [-0.1, -0.05) is 17.8 Å². The first-order valence-electron chi connectivity index (χ1n) is 6.78. The molecule has 0 saturated heterocycles. The number of H-pyrrole nitrogens is 1. The fourth-order valence-corrected chi connectivity index (χ4v) is 2.73. The van der Waals surface area contributed by atoms with Crippen molar-refractivity contribution in [2.75, 3.05) is 24.7 Å². The molecule has 22 heavy (non-hydrogen) atoms. The molecule has 3 rings (SSSR count). The second-order valence-electron chi connectivity index (χ2n) is 5.16. The standard InChI is InChI=1S/C14H17N7S/c1-8-4-5-9-10(6-8)17-14(16-9)22-7-11-18-12(15)20-13(19-11)21(2)3/h4-6H,7H2,1-3H3,(H,16,17)(H2,15,18,19,20). The van der Waals surface area contributed by atoms with Crippen molar-refractivity contribution in [1.29, 1.82) is 0 Å². The predicted molar refractivity (Wildman–Crippen MR) is 89.0 cm³/mol. The molecular weight excluding hydrogens is 298 g/mol. The number of aryl methyl sites for hydroxylation is 1. The summed E-state index contributed by atoms with van der Waals surface area (Å²) in [4.78, 5) is 22.3. The van der Waals surface area contributed by atoms with Crippen molar-refractivity contribution in [1.82, 2.24) is 24.9 Å². The van der Waals surface area contributed by atoms with Gasteiger partial charge in [0.2, 0.25) is 11.9 Å². The number of thioether (sulfide) groups is 1. The Bertz CT molecular complexity index is 812. The van der Waals surface area contributed by atoms with Gasteiger partial charge in [-0.25, -0.2) is 4.98 Å². The zero-order valence-electron chi connectivity index (χ0n) is 12.7. The molecule has 0 aliphatic rings. The van der Waals surface area contributed by atoms with Crippen LogP contribution in [0.5, 0.6) is 0 Å². The number of aromatic amines is 1. The van der Waals surface area contributed by atoms with Gasteiger partial charge in [-0.15, -0.1) is 0 Å². The van der Waals surface area contributed by atoms with Gasteiger partial charge in [0.15, 0.2) is 5.16 Å². The molecule has 7 nitrogen and oxygen atoms in total. The maximum atomic E-state index is 5.72. The summed E-state index contributed by atoms with van der Waals surface area (Å²) in [6.07, 6.45) is 0. The summed E-state index contributed by atoms with van der Waals surface area (Å²) in [7, 11) is 3.74. The normalized spacial score (nSPS) is 11.0. The number of hydrogen-bond donors (Lipinski definition) is 2. The molecule has 8 heteroatoms. The van der Waals surface area contributed by atoms with Crippen LogP contribution in [-0.4, -0.2) is 39.0 Å². The summed E-state index contributed by atoms with van der Waals surface area (Å²) >= 11 is 1.54. The third-order valence-corrected chi connectivity index (χ3v) is 3.91. The molecule has 0 amide bonds. The molecule has 2 heterocycles. The monoisotopic (exact) mass is 315 g/mol. The Kier molecular flexibility index (Phi) is 3.84. The van der Waals surface area contributed by atoms with E-state index in [0.29, 0.717) is 17.5 Å². The van der Waals surface area contributed by atoms with Crippen LogP contribution in [0, 0.1) is 6.92 Å². The fraction of sp³-hybridized carbons (Fsp3) is 0.286. The maximum Gasteiger partial charge on any atom is 0.229 e. The third-order valence-electron chi connectivity index (χ3n) is 3.04. The van der Waals surface area contributed by atoms with Crippen molar-refractivity contribution < 1.29 is 0 Å². The highest BCUT2D eigenvalue weighted by molar-refractivity contribution is 7.98. The van der Waals surface area contributed by atoms with Crippen LogP contribution in [0.2, 0.25) is 0 Å². The SMILES string of the molecule is Cc1ccc2nc(SCc3nc(N)nc(N(C)C)n3)[nH]c2c1. The van der Waals surface area contributed by atoms with Gasteiger partial charge in [-0.05, 0) is 24.6 Å². The van der Waals surface area contributed by atoms with E-state index in [4.69, 9.17) is 5.73 Å². The Morgan fingerprint density at radius 2 is 2.00 bits per heavy atom. The minimum atomic E-state index is 0.231. The third kappa shape index (κ3) is 3.11. The predicted octanol–water partition coefficient (Wildman–Crippen LogP) is 2.00. The van der Waals surface area contributed by atoms with Crippen molar-refractivity contribution in [2.45, 2.75) is 17.8 Å². The van der Waals surface area contributed by atoms with Gasteiger partial charge >= 0.3 is 0 Å². The first kappa shape index (κ1) is 14.6. The van der Waals surface area contributed by atoms with Crippen LogP contribution in [0.4, 0.5) is 11.9 Å². The summed E-state index contributed by atoms with van der Waals surface area (Å²) in [5, 5.41) is 0.839. The van der Waals surface area contributed by atoms with Gasteiger partial charge in [0.05, 0.1) is 16.8 Å². The number of anilines is 2. The lowest BCUT2D eigenvalue weighted by atomic mass is 10.2. The molecule has 3 aromatic rings. The van der Waals surface area contributed by atoms with Crippen molar-refractivity contribution in [3.8, 4) is 0 Å². The van der Waals surface area contributed by atoms with Crippen LogP contribution < -0.4 is 10.6 Å². The fourth-order valence-electron chi connectivity index (χ4n) is 1.99. The van der Waals surface area contributed by atoms with Crippen molar-refractivity contribution in [2.24, 2.45) is 0 Å². The van der Waals surface area contributed by atoms with Gasteiger partial charge in [0.25, 0.3) is 0 Å². The quantitative estimate of drug-likeness (QED) is 0.711. The molecule has 1 aromatic carbocycles. The smallest absolute Gasteiger partial charge is 0.229 e. The van der Waals surface area contributed by atoms with Crippen LogP contribution in [0.15, 0.2) is 23.4 Å². The molecule has 3 N–H and O–H groups in total. The zero-order valence-corrected chi connectivity index (χ0v) is 13.5. The minimum Gasteiger partial charge on any atom is -0.368 e. The molecule has 0 bridgehead atoms. The largest absolute Gasteiger partial charge is 0.368 e. The Labute approximate surface area is 132 Å². The average Bonchev–Trinajstić information content (AvgIpc) is 2.86. The Hall–Kier alpha value is -2.35. The zero-order chi connectivity index (χ0) is 15.7. The van der Waals surface area contributed by atoms with Gasteiger partial charge in [0.1, 0.15) is 5.82 Å². The summed E-state index contributed by atoms with van der Waals surface area (Å²) in [5.41, 5.74) is 8.91. The van der Waals surface area contributed by atoms with Crippen molar-refractivity contribution in [3.05, 3.63) is 29.6 Å². The van der Waals surface area contributed by atoms with Crippen molar-refractivity contribution >= 4 is 34.7 Å². The first-order chi connectivity index (χ1) is 10.5. The molecule has 0 atom stereocenters. The van der Waals surface area contributed by atoms with E-state index in [2.05, 4.69) is 37.9 Å². The summed E-state index contributed by atoms with van der Waals surface area (Å²) in [6.45, 7) is 2.06. The van der Waals surface area contributed by atoms with E-state index in [9.17, 15) is 0 Å². The number of benzene rings is 1. The van der Waals surface area contributed by atoms with E-state index < -0.39 is 0 Å². The summed E-state index contributed by atoms with van der Waals surface area (Å²) in [5.74, 6) is 2.00. The highest BCUT2D eigenvalue weighted by Crippen LogP contribution is 2.23. The van der Waals surface area contributed by atoms with Gasteiger partial charge in [0, 0.05) is 14.1 Å². The maximum absolute atomic E-state index is 5.72. The number of nitrogens with one attached hydrogen (secondary N) is 1. The number of aromatic nitrogens is 5. The summed E-state index contributed by atoms with van der Waals surface area (Å²) in [6, 6.07) is 6.14. The van der Waals surface area contributed by atoms with Crippen LogP contribution in [0.1, 0.15) is 11.4 Å². The molecule has 0 spiro atoms. The second-order valence-corrected chi connectivity index (χ2v) is 6.12. The van der Waals surface area contributed by atoms with Crippen LogP contribution in [0.3, 0.4) is 0 Å². The van der Waals surface area contributed by atoms with Gasteiger partial charge in [-0.3, -0.25) is 0 Å². The van der Waals surface area contributed by atoms with Crippen LogP contribution in [-0.2, 0) is 5.75 Å². The molecule has 114 valence electrons. The van der Waals surface area contributed by atoms with Crippen molar-refractivity contribution in [3.63, 3.8) is 0 Å². The molecule has 0 radical (unpaired) electrons. The van der Waals surface area contributed by atoms with E-state index in [1.54, 1.807) is 16.7 Å². The molecule has 0 unspecified atom stereocenters. The number of fused-ring (bicyclic) bond motifs is 1. The van der Waals surface area contributed by atoms with E-state index in [0.717, 1.165) is 16.2 Å². The number of rotatable bonds is 4. The molecular formula is C14H17N7S. The molecule has 0 fully saturated rings. The average molecular weight is 315 g/mol. The number of hydrogen-bond acceptors (Lipinski definition) is 7. The Morgan fingerprint density at radius 1 is 1.18 bits per heavy atom. The topological polar surface area (TPSA) is 96.6 Å². The number of imidazole rings is 1. The lowest BCUT2D eigenvalue weighted by Crippen LogP contribution is -2.15. The van der Waals surface area contributed by atoms with Crippen LogP contribution in [0.25, 0.3) is 11.0 Å². The van der Waals surface area contributed by atoms with E-state index in [1.165, 1.54) is 5.56 Å². The van der Waals surface area contributed by atoms with Crippen LogP contribution >= 0.6 is 11.8 Å². The Balaban J connectivity index is 1.78. The molecule has 0 saturated carbocycles. The van der Waals surface area contributed by atoms with Gasteiger partial charge < -0.3 is 15.6 Å².